The highest BCUT2D eigenvalue weighted by Crippen LogP contribution is 2.40. The van der Waals surface area contributed by atoms with E-state index in [-0.39, 0.29) is 36.9 Å². The minimum Gasteiger partial charge on any atom is -0.323 e. The van der Waals surface area contributed by atoms with Gasteiger partial charge in [-0.05, 0) is 38.5 Å². The van der Waals surface area contributed by atoms with Crippen molar-refractivity contribution in [2.45, 2.75) is 63.5 Å². The molecule has 2 aliphatic carbocycles. The number of imide groups is 1. The highest BCUT2D eigenvalue weighted by atomic mass is 16.2. The Labute approximate surface area is 152 Å². The van der Waals surface area contributed by atoms with Crippen molar-refractivity contribution in [3.63, 3.8) is 0 Å². The van der Waals surface area contributed by atoms with Crippen LogP contribution in [-0.4, -0.2) is 44.6 Å². The normalized spacial score (nSPS) is 22.7. The maximum absolute atomic E-state index is 12.6. The molecule has 1 saturated heterocycles. The maximum Gasteiger partial charge on any atom is 0.325 e. The molecule has 0 bridgehead atoms. The van der Waals surface area contributed by atoms with Gasteiger partial charge in [0.25, 0.3) is 5.91 Å². The van der Waals surface area contributed by atoms with Crippen molar-refractivity contribution in [1.29, 1.82) is 0 Å². The largest absolute Gasteiger partial charge is 0.325 e. The van der Waals surface area contributed by atoms with Crippen LogP contribution in [-0.2, 0) is 9.59 Å². The second kappa shape index (κ2) is 6.41. The van der Waals surface area contributed by atoms with Gasteiger partial charge in [0.1, 0.15) is 11.4 Å². The van der Waals surface area contributed by atoms with E-state index in [2.05, 4.69) is 22.7 Å². The van der Waals surface area contributed by atoms with Crippen LogP contribution >= 0.6 is 0 Å². The van der Waals surface area contributed by atoms with Crippen molar-refractivity contribution in [3.8, 4) is 0 Å². The van der Waals surface area contributed by atoms with Crippen molar-refractivity contribution in [2.24, 2.45) is 5.92 Å². The van der Waals surface area contributed by atoms with Gasteiger partial charge in [0.15, 0.2) is 0 Å². The summed E-state index contributed by atoms with van der Waals surface area (Å²) in [7, 11) is 0. The summed E-state index contributed by atoms with van der Waals surface area (Å²) in [4.78, 5) is 38.3. The summed E-state index contributed by atoms with van der Waals surface area (Å²) in [6.07, 6.45) is 7.43. The van der Waals surface area contributed by atoms with Gasteiger partial charge in [-0.3, -0.25) is 14.5 Å². The van der Waals surface area contributed by atoms with Gasteiger partial charge in [0.05, 0.1) is 12.2 Å². The molecule has 26 heavy (non-hydrogen) atoms. The second-order valence-electron chi connectivity index (χ2n) is 7.71. The molecule has 140 valence electrons. The first-order valence-electron chi connectivity index (χ1n) is 9.48. The van der Waals surface area contributed by atoms with Crippen LogP contribution in [0.5, 0.6) is 0 Å². The fourth-order valence-electron chi connectivity index (χ4n) is 4.13. The minimum absolute atomic E-state index is 0.0816. The highest BCUT2D eigenvalue weighted by molar-refractivity contribution is 6.07. The molecule has 3 aliphatic rings. The third-order valence-electron chi connectivity index (χ3n) is 5.89. The number of amides is 4. The molecule has 1 aromatic rings. The summed E-state index contributed by atoms with van der Waals surface area (Å²) in [5, 5.41) is 10.0. The van der Waals surface area contributed by atoms with Crippen molar-refractivity contribution in [3.05, 3.63) is 12.3 Å². The van der Waals surface area contributed by atoms with Crippen molar-refractivity contribution >= 4 is 23.7 Å². The summed E-state index contributed by atoms with van der Waals surface area (Å²) >= 11 is 0. The summed E-state index contributed by atoms with van der Waals surface area (Å²) in [5.41, 5.74) is -0.716. The molecule has 2 saturated carbocycles. The maximum atomic E-state index is 12.6. The highest BCUT2D eigenvalue weighted by Gasteiger charge is 2.52. The number of hydrogen-bond acceptors (Lipinski definition) is 4. The van der Waals surface area contributed by atoms with Crippen LogP contribution in [0, 0.1) is 5.92 Å². The number of urea groups is 1. The van der Waals surface area contributed by atoms with E-state index in [0.717, 1.165) is 12.8 Å². The predicted molar refractivity (Wildman–Crippen MR) is 94.4 cm³/mol. The standard InChI is InChI=1S/C18H25N5O3/c1-12(13-4-5-13)23-14(6-10-19-23)20-15(24)7-11-22-16(25)18(21-17(22)26)8-2-3-9-18/h6,10,12-13H,2-5,7-9,11H2,1H3,(H,20,24)(H,21,26). The lowest BCUT2D eigenvalue weighted by Gasteiger charge is -2.20. The minimum atomic E-state index is -0.716. The van der Waals surface area contributed by atoms with Crippen LogP contribution in [0.4, 0.5) is 10.6 Å². The van der Waals surface area contributed by atoms with Crippen LogP contribution in [0.15, 0.2) is 12.3 Å². The Balaban J connectivity index is 1.34. The van der Waals surface area contributed by atoms with Crippen LogP contribution in [0.3, 0.4) is 0 Å². The van der Waals surface area contributed by atoms with Crippen LogP contribution < -0.4 is 10.6 Å². The van der Waals surface area contributed by atoms with E-state index < -0.39 is 5.54 Å². The molecule has 8 heteroatoms. The van der Waals surface area contributed by atoms with Gasteiger partial charge < -0.3 is 10.6 Å². The zero-order valence-corrected chi connectivity index (χ0v) is 15.0. The van der Waals surface area contributed by atoms with Crippen LogP contribution in [0.1, 0.15) is 57.9 Å². The first-order chi connectivity index (χ1) is 12.5. The molecular formula is C18H25N5O3. The Hall–Kier alpha value is -2.38. The van der Waals surface area contributed by atoms with Gasteiger partial charge in [-0.1, -0.05) is 12.8 Å². The molecule has 2 heterocycles. The van der Waals surface area contributed by atoms with Crippen molar-refractivity contribution in [2.75, 3.05) is 11.9 Å². The molecule has 1 spiro atoms. The Bertz CT molecular complexity index is 733. The van der Waals surface area contributed by atoms with E-state index in [4.69, 9.17) is 0 Å². The molecule has 8 nitrogen and oxygen atoms in total. The topological polar surface area (TPSA) is 96.3 Å². The Kier molecular flexibility index (Phi) is 4.20. The monoisotopic (exact) mass is 359 g/mol. The molecule has 4 rings (SSSR count). The molecule has 3 fully saturated rings. The Morgan fingerprint density at radius 2 is 2.12 bits per heavy atom. The smallest absolute Gasteiger partial charge is 0.323 e. The summed E-state index contributed by atoms with van der Waals surface area (Å²) in [6.45, 7) is 2.21. The third-order valence-corrected chi connectivity index (χ3v) is 5.89. The lowest BCUT2D eigenvalue weighted by Crippen LogP contribution is -2.44. The lowest BCUT2D eigenvalue weighted by atomic mass is 9.98. The predicted octanol–water partition coefficient (Wildman–Crippen LogP) is 2.05. The molecule has 0 radical (unpaired) electrons. The van der Waals surface area contributed by atoms with Gasteiger partial charge in [0.2, 0.25) is 5.91 Å². The zero-order valence-electron chi connectivity index (χ0n) is 15.0. The molecule has 0 aromatic carbocycles. The number of nitrogens with zero attached hydrogens (tertiary/aromatic N) is 3. The SMILES string of the molecule is CC(C1CC1)n1nccc1NC(=O)CCN1C(=O)NC2(CCCC2)C1=O. The van der Waals surface area contributed by atoms with Gasteiger partial charge in [-0.15, -0.1) is 0 Å². The average molecular weight is 359 g/mol. The van der Waals surface area contributed by atoms with Crippen molar-refractivity contribution in [1.82, 2.24) is 20.0 Å². The number of anilines is 1. The Morgan fingerprint density at radius 1 is 1.38 bits per heavy atom. The summed E-state index contributed by atoms with van der Waals surface area (Å²) in [5.74, 6) is 0.890. The number of aromatic nitrogens is 2. The number of carbonyl (C=O) groups excluding carboxylic acids is 3. The first-order valence-corrected chi connectivity index (χ1v) is 9.48. The van der Waals surface area contributed by atoms with Gasteiger partial charge in [-0.2, -0.15) is 5.10 Å². The zero-order chi connectivity index (χ0) is 18.3. The summed E-state index contributed by atoms with van der Waals surface area (Å²) < 4.78 is 1.84. The third kappa shape index (κ3) is 2.97. The molecule has 1 aliphatic heterocycles. The number of rotatable bonds is 6. The first kappa shape index (κ1) is 17.1. The molecular weight excluding hydrogens is 334 g/mol. The fraction of sp³-hybridized carbons (Fsp3) is 0.667. The fourth-order valence-corrected chi connectivity index (χ4v) is 4.13. The number of nitrogens with one attached hydrogen (secondary N) is 2. The average Bonchev–Trinajstić information content (AvgIpc) is 3.10. The van der Waals surface area contributed by atoms with Gasteiger partial charge in [0, 0.05) is 19.0 Å². The van der Waals surface area contributed by atoms with E-state index >= 15 is 0 Å². The molecule has 1 atom stereocenters. The van der Waals surface area contributed by atoms with Crippen molar-refractivity contribution < 1.29 is 14.4 Å². The number of carbonyl (C=O) groups is 3. The van der Waals surface area contributed by atoms with Crippen LogP contribution in [0.2, 0.25) is 0 Å². The molecule has 2 N–H and O–H groups in total. The quantitative estimate of drug-likeness (QED) is 0.760. The van der Waals surface area contributed by atoms with E-state index in [1.807, 2.05) is 4.68 Å². The second-order valence-corrected chi connectivity index (χ2v) is 7.71. The van der Waals surface area contributed by atoms with Crippen LogP contribution in [0.25, 0.3) is 0 Å². The van der Waals surface area contributed by atoms with E-state index in [1.165, 1.54) is 17.7 Å². The Morgan fingerprint density at radius 3 is 2.81 bits per heavy atom. The molecule has 4 amide bonds. The van der Waals surface area contributed by atoms with E-state index in [1.54, 1.807) is 12.3 Å². The van der Waals surface area contributed by atoms with Gasteiger partial charge in [-0.25, -0.2) is 9.48 Å². The van der Waals surface area contributed by atoms with E-state index in [9.17, 15) is 14.4 Å². The van der Waals surface area contributed by atoms with E-state index in [0.29, 0.717) is 24.6 Å². The summed E-state index contributed by atoms with van der Waals surface area (Å²) in [6, 6.07) is 1.66. The number of hydrogen-bond donors (Lipinski definition) is 2. The van der Waals surface area contributed by atoms with Gasteiger partial charge >= 0.3 is 6.03 Å². The molecule has 1 aromatic heterocycles. The molecule has 1 unspecified atom stereocenters. The lowest BCUT2D eigenvalue weighted by molar-refractivity contribution is -0.131.